The van der Waals surface area contributed by atoms with Crippen LogP contribution in [0.3, 0.4) is 0 Å². The lowest BCUT2D eigenvalue weighted by atomic mass is 10.1. The SMILES string of the molecule is Cc1ccc(-n2c3ccccc3c3ccccc32)cc1C. The summed E-state index contributed by atoms with van der Waals surface area (Å²) in [4.78, 5) is 0. The minimum Gasteiger partial charge on any atom is -0.309 e. The average Bonchev–Trinajstić information content (AvgIpc) is 2.85. The molecule has 0 saturated heterocycles. The third-order valence-electron chi connectivity index (χ3n) is 4.33. The van der Waals surface area contributed by atoms with Crippen LogP contribution in [0.4, 0.5) is 0 Å². The predicted octanol–water partition coefficient (Wildman–Crippen LogP) is 5.40. The number of fused-ring (bicyclic) bond motifs is 3. The first-order valence-electron chi connectivity index (χ1n) is 7.31. The molecule has 0 aliphatic carbocycles. The van der Waals surface area contributed by atoms with Gasteiger partial charge in [-0.15, -0.1) is 0 Å². The largest absolute Gasteiger partial charge is 0.309 e. The average molecular weight is 271 g/mol. The fourth-order valence-corrected chi connectivity index (χ4v) is 3.07. The first kappa shape index (κ1) is 12.2. The van der Waals surface area contributed by atoms with Gasteiger partial charge >= 0.3 is 0 Å². The van der Waals surface area contributed by atoms with E-state index in [-0.39, 0.29) is 0 Å². The van der Waals surface area contributed by atoms with Gasteiger partial charge in [-0.25, -0.2) is 0 Å². The van der Waals surface area contributed by atoms with Gasteiger partial charge in [0.2, 0.25) is 0 Å². The van der Waals surface area contributed by atoms with Gasteiger partial charge in [-0.1, -0.05) is 42.5 Å². The van der Waals surface area contributed by atoms with Gasteiger partial charge < -0.3 is 4.57 Å². The molecule has 0 amide bonds. The minimum atomic E-state index is 1.23. The van der Waals surface area contributed by atoms with E-state index < -0.39 is 0 Å². The lowest BCUT2D eigenvalue weighted by molar-refractivity contribution is 1.16. The summed E-state index contributed by atoms with van der Waals surface area (Å²) in [5.41, 5.74) is 6.42. The molecule has 0 radical (unpaired) electrons. The fraction of sp³-hybridized carbons (Fsp3) is 0.100. The maximum atomic E-state index is 2.36. The summed E-state index contributed by atoms with van der Waals surface area (Å²) in [5, 5.41) is 2.62. The van der Waals surface area contributed by atoms with Crippen molar-refractivity contribution in [1.29, 1.82) is 0 Å². The van der Waals surface area contributed by atoms with Crippen LogP contribution in [0.25, 0.3) is 27.5 Å². The molecule has 3 aromatic carbocycles. The highest BCUT2D eigenvalue weighted by atomic mass is 15.0. The topological polar surface area (TPSA) is 4.93 Å². The number of nitrogens with zero attached hydrogens (tertiary/aromatic N) is 1. The van der Waals surface area contributed by atoms with E-state index in [2.05, 4.69) is 85.1 Å². The Hall–Kier alpha value is -2.54. The monoisotopic (exact) mass is 271 g/mol. The normalized spacial score (nSPS) is 11.3. The van der Waals surface area contributed by atoms with Crippen LogP contribution in [0.2, 0.25) is 0 Å². The Morgan fingerprint density at radius 1 is 0.619 bits per heavy atom. The summed E-state index contributed by atoms with van der Waals surface area (Å²) in [6, 6.07) is 23.9. The van der Waals surface area contributed by atoms with Gasteiger partial charge in [-0.05, 0) is 49.2 Å². The first-order chi connectivity index (χ1) is 10.3. The summed E-state index contributed by atoms with van der Waals surface area (Å²) >= 11 is 0. The molecule has 1 heterocycles. The lowest BCUT2D eigenvalue weighted by Crippen LogP contribution is -1.95. The predicted molar refractivity (Wildman–Crippen MR) is 90.3 cm³/mol. The molecule has 0 N–H and O–H groups in total. The Morgan fingerprint density at radius 3 is 1.76 bits per heavy atom. The molecule has 0 bridgehead atoms. The molecule has 1 nitrogen and oxygen atoms in total. The van der Waals surface area contributed by atoms with Gasteiger partial charge in [0.25, 0.3) is 0 Å². The van der Waals surface area contributed by atoms with Gasteiger partial charge in [0, 0.05) is 16.5 Å². The maximum absolute atomic E-state index is 2.36. The van der Waals surface area contributed by atoms with Crippen molar-refractivity contribution in [3.8, 4) is 5.69 Å². The Morgan fingerprint density at radius 2 is 1.19 bits per heavy atom. The second-order valence-electron chi connectivity index (χ2n) is 5.64. The van der Waals surface area contributed by atoms with Crippen LogP contribution in [0.15, 0.2) is 66.7 Å². The molecule has 0 atom stereocenters. The van der Waals surface area contributed by atoms with E-state index >= 15 is 0 Å². The summed E-state index contributed by atoms with van der Waals surface area (Å²) in [7, 11) is 0. The molecule has 0 aliphatic heterocycles. The number of hydrogen-bond donors (Lipinski definition) is 0. The minimum absolute atomic E-state index is 1.23. The number of rotatable bonds is 1. The van der Waals surface area contributed by atoms with E-state index in [1.54, 1.807) is 0 Å². The molecule has 1 heteroatoms. The zero-order valence-electron chi connectivity index (χ0n) is 12.3. The Bertz CT molecular complexity index is 907. The highest BCUT2D eigenvalue weighted by Crippen LogP contribution is 2.32. The molecular weight excluding hydrogens is 254 g/mol. The van der Waals surface area contributed by atoms with Crippen molar-refractivity contribution in [1.82, 2.24) is 4.57 Å². The Balaban J connectivity index is 2.17. The molecule has 4 rings (SSSR count). The fourth-order valence-electron chi connectivity index (χ4n) is 3.07. The van der Waals surface area contributed by atoms with E-state index in [4.69, 9.17) is 0 Å². The van der Waals surface area contributed by atoms with E-state index in [1.807, 2.05) is 0 Å². The zero-order chi connectivity index (χ0) is 14.4. The number of para-hydroxylation sites is 2. The highest BCUT2D eigenvalue weighted by Gasteiger charge is 2.11. The van der Waals surface area contributed by atoms with E-state index in [0.29, 0.717) is 0 Å². The maximum Gasteiger partial charge on any atom is 0.0541 e. The molecule has 1 aromatic heterocycles. The highest BCUT2D eigenvalue weighted by molar-refractivity contribution is 6.09. The molecule has 0 aliphatic rings. The Kier molecular flexibility index (Phi) is 2.61. The van der Waals surface area contributed by atoms with Crippen molar-refractivity contribution in [3.05, 3.63) is 77.9 Å². The van der Waals surface area contributed by atoms with Crippen molar-refractivity contribution in [2.24, 2.45) is 0 Å². The zero-order valence-corrected chi connectivity index (χ0v) is 12.3. The molecule has 4 aromatic rings. The summed E-state index contributed by atoms with van der Waals surface area (Å²) in [5.74, 6) is 0. The van der Waals surface area contributed by atoms with Crippen LogP contribution >= 0.6 is 0 Å². The van der Waals surface area contributed by atoms with Crippen molar-refractivity contribution in [2.75, 3.05) is 0 Å². The molecule has 21 heavy (non-hydrogen) atoms. The molecule has 102 valence electrons. The second kappa shape index (κ2) is 4.49. The van der Waals surface area contributed by atoms with Gasteiger partial charge in [0.15, 0.2) is 0 Å². The third-order valence-corrected chi connectivity index (χ3v) is 4.33. The van der Waals surface area contributed by atoms with Gasteiger partial charge in [-0.3, -0.25) is 0 Å². The van der Waals surface area contributed by atoms with Crippen LogP contribution in [-0.2, 0) is 0 Å². The molecule has 0 unspecified atom stereocenters. The van der Waals surface area contributed by atoms with Crippen molar-refractivity contribution >= 4 is 21.8 Å². The van der Waals surface area contributed by atoms with Crippen LogP contribution in [0.1, 0.15) is 11.1 Å². The molecular formula is C20H17N. The van der Waals surface area contributed by atoms with Crippen molar-refractivity contribution in [3.63, 3.8) is 0 Å². The lowest BCUT2D eigenvalue weighted by Gasteiger charge is -2.10. The third kappa shape index (κ3) is 1.78. The quantitative estimate of drug-likeness (QED) is 0.437. The van der Waals surface area contributed by atoms with Crippen molar-refractivity contribution < 1.29 is 0 Å². The van der Waals surface area contributed by atoms with Gasteiger partial charge in [-0.2, -0.15) is 0 Å². The van der Waals surface area contributed by atoms with Gasteiger partial charge in [0.1, 0.15) is 0 Å². The Labute approximate surface area is 124 Å². The van der Waals surface area contributed by atoms with Crippen LogP contribution in [-0.4, -0.2) is 4.57 Å². The van der Waals surface area contributed by atoms with E-state index in [9.17, 15) is 0 Å². The summed E-state index contributed by atoms with van der Waals surface area (Å²) in [6.45, 7) is 4.33. The van der Waals surface area contributed by atoms with E-state index in [1.165, 1.54) is 38.6 Å². The molecule has 0 saturated carbocycles. The van der Waals surface area contributed by atoms with Crippen LogP contribution in [0.5, 0.6) is 0 Å². The van der Waals surface area contributed by atoms with Crippen molar-refractivity contribution in [2.45, 2.75) is 13.8 Å². The van der Waals surface area contributed by atoms with Gasteiger partial charge in [0.05, 0.1) is 11.0 Å². The van der Waals surface area contributed by atoms with E-state index in [0.717, 1.165) is 0 Å². The summed E-state index contributed by atoms with van der Waals surface area (Å²) in [6.07, 6.45) is 0. The second-order valence-corrected chi connectivity index (χ2v) is 5.64. The standard InChI is InChI=1S/C20H17N/c1-14-11-12-16(13-15(14)2)21-19-9-5-3-7-17(19)18-8-4-6-10-20(18)21/h3-13H,1-2H3. The smallest absolute Gasteiger partial charge is 0.0541 e. The number of aromatic nitrogens is 1. The van der Waals surface area contributed by atoms with Crippen LogP contribution < -0.4 is 0 Å². The first-order valence-corrected chi connectivity index (χ1v) is 7.31. The number of benzene rings is 3. The summed E-state index contributed by atoms with van der Waals surface area (Å²) < 4.78 is 2.36. The molecule has 0 spiro atoms. The van der Waals surface area contributed by atoms with Crippen LogP contribution in [0, 0.1) is 13.8 Å². The molecule has 0 fully saturated rings. The number of aryl methyl sites for hydroxylation is 2. The number of hydrogen-bond acceptors (Lipinski definition) is 0.